The number of allylic oxidation sites excluding steroid dienone is 4. The van der Waals surface area contributed by atoms with E-state index < -0.39 is 11.7 Å². The predicted molar refractivity (Wildman–Crippen MR) is 36.8 cm³/mol. The Morgan fingerprint density at radius 1 is 1.36 bits per heavy atom. The molecule has 0 aromatic heterocycles. The molecule has 1 aliphatic rings. The van der Waals surface area contributed by atoms with Crippen molar-refractivity contribution in [2.75, 3.05) is 0 Å². The summed E-state index contributed by atoms with van der Waals surface area (Å²) in [6.45, 7) is 1.48. The van der Waals surface area contributed by atoms with Crippen molar-refractivity contribution < 1.29 is 13.2 Å². The lowest BCUT2D eigenvalue weighted by Gasteiger charge is -2.14. The van der Waals surface area contributed by atoms with E-state index in [-0.39, 0.29) is 0 Å². The molecule has 61 valence electrons. The Labute approximate surface area is 63.4 Å². The van der Waals surface area contributed by atoms with Crippen molar-refractivity contribution in [2.45, 2.75) is 19.5 Å². The van der Waals surface area contributed by atoms with Gasteiger partial charge in [-0.05, 0) is 19.8 Å². The maximum atomic E-state index is 12.1. The quantitative estimate of drug-likeness (QED) is 0.512. The molecule has 0 atom stereocenters. The van der Waals surface area contributed by atoms with Gasteiger partial charge in [0.05, 0.1) is 5.57 Å². The van der Waals surface area contributed by atoms with Crippen LogP contribution in [-0.4, -0.2) is 6.18 Å². The molecule has 0 aliphatic heterocycles. The van der Waals surface area contributed by atoms with Gasteiger partial charge in [0.1, 0.15) is 0 Å². The zero-order valence-corrected chi connectivity index (χ0v) is 6.07. The second-order valence-electron chi connectivity index (χ2n) is 2.44. The van der Waals surface area contributed by atoms with Gasteiger partial charge in [0.2, 0.25) is 0 Å². The summed E-state index contributed by atoms with van der Waals surface area (Å²) in [5, 5.41) is 0. The number of hydrogen-bond donors (Lipinski definition) is 0. The molecule has 0 fully saturated rings. The van der Waals surface area contributed by atoms with Crippen molar-refractivity contribution in [3.63, 3.8) is 0 Å². The second-order valence-corrected chi connectivity index (χ2v) is 2.44. The molecular formula is C8H8F3. The fourth-order valence-electron chi connectivity index (χ4n) is 0.990. The highest BCUT2D eigenvalue weighted by Gasteiger charge is 2.33. The van der Waals surface area contributed by atoms with Gasteiger partial charge in [-0.3, -0.25) is 0 Å². The Morgan fingerprint density at radius 2 is 2.00 bits per heavy atom. The third kappa shape index (κ3) is 1.85. The molecule has 0 bridgehead atoms. The minimum Gasteiger partial charge on any atom is -0.166 e. The van der Waals surface area contributed by atoms with E-state index in [9.17, 15) is 13.2 Å². The van der Waals surface area contributed by atoms with Crippen LogP contribution in [0.1, 0.15) is 13.3 Å². The molecule has 0 saturated carbocycles. The van der Waals surface area contributed by atoms with Crippen LogP contribution in [0.5, 0.6) is 0 Å². The summed E-state index contributed by atoms with van der Waals surface area (Å²) < 4.78 is 36.2. The number of rotatable bonds is 0. The summed E-state index contributed by atoms with van der Waals surface area (Å²) in [6.07, 6.45) is 0.622. The van der Waals surface area contributed by atoms with Crippen LogP contribution in [0, 0.1) is 6.42 Å². The van der Waals surface area contributed by atoms with Gasteiger partial charge in [0, 0.05) is 0 Å². The van der Waals surface area contributed by atoms with Crippen LogP contribution in [0.4, 0.5) is 13.2 Å². The average Bonchev–Trinajstić information content (AvgIpc) is 1.86. The van der Waals surface area contributed by atoms with Crippen molar-refractivity contribution in [1.29, 1.82) is 0 Å². The van der Waals surface area contributed by atoms with Crippen LogP contribution in [0.2, 0.25) is 0 Å². The lowest BCUT2D eigenvalue weighted by atomic mass is 9.99. The molecule has 0 N–H and O–H groups in total. The SMILES string of the molecule is CC1=C(C(F)(F)F)C=CC[CH]1. The molecule has 11 heavy (non-hydrogen) atoms. The van der Waals surface area contributed by atoms with Gasteiger partial charge in [-0.15, -0.1) is 0 Å². The van der Waals surface area contributed by atoms with E-state index in [1.165, 1.54) is 13.0 Å². The molecule has 0 spiro atoms. The first-order valence-electron chi connectivity index (χ1n) is 3.29. The van der Waals surface area contributed by atoms with Crippen molar-refractivity contribution >= 4 is 0 Å². The summed E-state index contributed by atoms with van der Waals surface area (Å²) in [5.74, 6) is 0. The van der Waals surface area contributed by atoms with Gasteiger partial charge >= 0.3 is 6.18 Å². The van der Waals surface area contributed by atoms with E-state index in [1.807, 2.05) is 0 Å². The average molecular weight is 161 g/mol. The summed E-state index contributed by atoms with van der Waals surface area (Å²) in [5.41, 5.74) is -0.205. The maximum absolute atomic E-state index is 12.1. The molecule has 1 aliphatic carbocycles. The van der Waals surface area contributed by atoms with Crippen LogP contribution in [0.15, 0.2) is 23.3 Å². The predicted octanol–water partition coefficient (Wildman–Crippen LogP) is 3.03. The molecule has 0 nitrogen and oxygen atoms in total. The van der Waals surface area contributed by atoms with Crippen molar-refractivity contribution in [3.05, 3.63) is 29.7 Å². The summed E-state index contributed by atoms with van der Waals surface area (Å²) in [4.78, 5) is 0. The third-order valence-corrected chi connectivity index (χ3v) is 1.57. The van der Waals surface area contributed by atoms with Crippen LogP contribution in [-0.2, 0) is 0 Å². The van der Waals surface area contributed by atoms with Gasteiger partial charge in [0.15, 0.2) is 0 Å². The Kier molecular flexibility index (Phi) is 2.07. The number of alkyl halides is 3. The van der Waals surface area contributed by atoms with Gasteiger partial charge in [-0.1, -0.05) is 17.7 Å². The third-order valence-electron chi connectivity index (χ3n) is 1.57. The molecule has 0 saturated heterocycles. The van der Waals surface area contributed by atoms with Crippen LogP contribution in [0.3, 0.4) is 0 Å². The minimum absolute atomic E-state index is 0.319. The lowest BCUT2D eigenvalue weighted by Crippen LogP contribution is -2.13. The molecular weight excluding hydrogens is 153 g/mol. The van der Waals surface area contributed by atoms with Crippen molar-refractivity contribution in [2.24, 2.45) is 0 Å². The summed E-state index contributed by atoms with van der Waals surface area (Å²) in [7, 11) is 0. The molecule has 3 heteroatoms. The summed E-state index contributed by atoms with van der Waals surface area (Å²) >= 11 is 0. The molecule has 0 unspecified atom stereocenters. The van der Waals surface area contributed by atoms with Crippen LogP contribution in [0.25, 0.3) is 0 Å². The Morgan fingerprint density at radius 3 is 2.36 bits per heavy atom. The van der Waals surface area contributed by atoms with E-state index in [0.29, 0.717) is 12.0 Å². The smallest absolute Gasteiger partial charge is 0.166 e. The topological polar surface area (TPSA) is 0 Å². The van der Waals surface area contributed by atoms with E-state index in [1.54, 1.807) is 6.42 Å². The fraction of sp³-hybridized carbons (Fsp3) is 0.375. The molecule has 0 aromatic rings. The van der Waals surface area contributed by atoms with E-state index in [0.717, 1.165) is 6.08 Å². The van der Waals surface area contributed by atoms with Gasteiger partial charge in [0.25, 0.3) is 0 Å². The highest BCUT2D eigenvalue weighted by molar-refractivity contribution is 5.37. The molecule has 0 heterocycles. The van der Waals surface area contributed by atoms with Crippen molar-refractivity contribution in [1.82, 2.24) is 0 Å². The first kappa shape index (κ1) is 8.37. The monoisotopic (exact) mass is 161 g/mol. The molecule has 0 aromatic carbocycles. The van der Waals surface area contributed by atoms with Gasteiger partial charge in [-0.2, -0.15) is 13.2 Å². The first-order chi connectivity index (χ1) is 5.02. The van der Waals surface area contributed by atoms with E-state index >= 15 is 0 Å². The first-order valence-corrected chi connectivity index (χ1v) is 3.29. The van der Waals surface area contributed by atoms with Gasteiger partial charge < -0.3 is 0 Å². The van der Waals surface area contributed by atoms with Gasteiger partial charge in [-0.25, -0.2) is 0 Å². The molecule has 1 rings (SSSR count). The highest BCUT2D eigenvalue weighted by Crippen LogP contribution is 2.32. The zero-order chi connectivity index (χ0) is 8.48. The fourth-order valence-corrected chi connectivity index (χ4v) is 0.990. The Balaban J connectivity index is 2.93. The largest absolute Gasteiger partial charge is 0.416 e. The lowest BCUT2D eigenvalue weighted by molar-refractivity contribution is -0.0890. The van der Waals surface area contributed by atoms with Crippen LogP contribution < -0.4 is 0 Å². The standard InChI is InChI=1S/C8H8F3/c1-6-4-2-3-5-7(6)8(9,10)11/h3-5H,2H2,1H3. The van der Waals surface area contributed by atoms with Crippen molar-refractivity contribution in [3.8, 4) is 0 Å². The molecule has 0 amide bonds. The maximum Gasteiger partial charge on any atom is 0.416 e. The summed E-state index contributed by atoms with van der Waals surface area (Å²) in [6, 6.07) is 0. The normalized spacial score (nSPS) is 19.3. The highest BCUT2D eigenvalue weighted by atomic mass is 19.4. The number of halogens is 3. The second kappa shape index (κ2) is 2.72. The van der Waals surface area contributed by atoms with E-state index in [4.69, 9.17) is 0 Å². The zero-order valence-electron chi connectivity index (χ0n) is 6.07. The minimum atomic E-state index is -4.20. The van der Waals surface area contributed by atoms with E-state index in [2.05, 4.69) is 0 Å². The van der Waals surface area contributed by atoms with Crippen LogP contribution >= 0.6 is 0 Å². The Bertz CT molecular complexity index is 208. The number of hydrogen-bond acceptors (Lipinski definition) is 0. The molecule has 1 radical (unpaired) electrons. The Hall–Kier alpha value is -0.730.